The molecule has 0 saturated heterocycles. The van der Waals surface area contributed by atoms with Crippen molar-refractivity contribution in [2.75, 3.05) is 6.61 Å². The van der Waals surface area contributed by atoms with E-state index in [1.165, 1.54) is 6.92 Å². The third kappa shape index (κ3) is 3.74. The molecule has 0 spiro atoms. The summed E-state index contributed by atoms with van der Waals surface area (Å²) in [6, 6.07) is 1.59. The molecule has 1 N–H and O–H groups in total. The minimum absolute atomic E-state index is 0.149. The van der Waals surface area contributed by atoms with Crippen molar-refractivity contribution in [2.45, 2.75) is 19.9 Å². The van der Waals surface area contributed by atoms with Crippen LogP contribution in [0.1, 0.15) is 24.2 Å². The summed E-state index contributed by atoms with van der Waals surface area (Å²) < 4.78 is 17.6. The first-order chi connectivity index (χ1) is 9.36. The molecule has 0 fully saturated rings. The summed E-state index contributed by atoms with van der Waals surface area (Å²) in [5.41, 5.74) is -0.994. The fraction of sp³-hybridized carbons (Fsp3) is 0.333. The first kappa shape index (κ1) is 15.5. The number of carbonyl (C=O) groups is 2. The monoisotopic (exact) mass is 284 g/mol. The van der Waals surface area contributed by atoms with Crippen LogP contribution < -0.4 is 5.32 Å². The van der Waals surface area contributed by atoms with Crippen molar-refractivity contribution in [3.8, 4) is 0 Å². The van der Waals surface area contributed by atoms with E-state index in [0.29, 0.717) is 6.07 Å². The molecular weight excluding hydrogens is 271 g/mol. The highest BCUT2D eigenvalue weighted by atomic mass is 19.1. The van der Waals surface area contributed by atoms with Crippen molar-refractivity contribution in [3.05, 3.63) is 39.7 Å². The Kier molecular flexibility index (Phi) is 5.13. The summed E-state index contributed by atoms with van der Waals surface area (Å²) in [7, 11) is 0. The standard InChI is InChI=1S/C12H13FN2O5/c1-3-20-12(17)7(2)14-11(16)9-5-4-8(13)6-10(9)15(18)19/h4-7H,3H2,1-2H3,(H,14,16). The summed E-state index contributed by atoms with van der Waals surface area (Å²) in [6.07, 6.45) is 0. The second-order valence-electron chi connectivity index (χ2n) is 3.87. The molecule has 1 amide bonds. The Labute approximate surface area is 113 Å². The van der Waals surface area contributed by atoms with Crippen molar-refractivity contribution in [2.24, 2.45) is 0 Å². The lowest BCUT2D eigenvalue weighted by Gasteiger charge is -2.12. The molecule has 1 rings (SSSR count). The molecule has 108 valence electrons. The summed E-state index contributed by atoms with van der Waals surface area (Å²) in [6.45, 7) is 3.14. The van der Waals surface area contributed by atoms with Gasteiger partial charge in [0.05, 0.1) is 17.6 Å². The number of halogens is 1. The predicted octanol–water partition coefficient (Wildman–Crippen LogP) is 1.42. The van der Waals surface area contributed by atoms with Crippen LogP contribution in [0.3, 0.4) is 0 Å². The number of amides is 1. The van der Waals surface area contributed by atoms with Crippen LogP contribution in [-0.4, -0.2) is 29.4 Å². The highest BCUT2D eigenvalue weighted by molar-refractivity contribution is 6.00. The van der Waals surface area contributed by atoms with Gasteiger partial charge in [-0.1, -0.05) is 0 Å². The Morgan fingerprint density at radius 2 is 2.15 bits per heavy atom. The number of nitrogens with zero attached hydrogens (tertiary/aromatic N) is 1. The maximum Gasteiger partial charge on any atom is 0.328 e. The molecule has 1 atom stereocenters. The van der Waals surface area contributed by atoms with Gasteiger partial charge in [-0.05, 0) is 26.0 Å². The Morgan fingerprint density at radius 3 is 2.70 bits per heavy atom. The minimum Gasteiger partial charge on any atom is -0.464 e. The molecule has 7 nitrogen and oxygen atoms in total. The smallest absolute Gasteiger partial charge is 0.328 e. The van der Waals surface area contributed by atoms with E-state index in [0.717, 1.165) is 12.1 Å². The Balaban J connectivity index is 2.93. The Morgan fingerprint density at radius 1 is 1.50 bits per heavy atom. The van der Waals surface area contributed by atoms with E-state index in [1.807, 2.05) is 0 Å². The molecule has 0 aliphatic rings. The first-order valence-corrected chi connectivity index (χ1v) is 5.78. The van der Waals surface area contributed by atoms with Crippen molar-refractivity contribution < 1.29 is 23.6 Å². The maximum absolute atomic E-state index is 13.0. The van der Waals surface area contributed by atoms with Crippen LogP contribution in [0.15, 0.2) is 18.2 Å². The SMILES string of the molecule is CCOC(=O)C(C)NC(=O)c1ccc(F)cc1[N+](=O)[O-]. The van der Waals surface area contributed by atoms with Crippen LogP contribution in [0.4, 0.5) is 10.1 Å². The zero-order chi connectivity index (χ0) is 15.3. The molecule has 0 aromatic heterocycles. The quantitative estimate of drug-likeness (QED) is 0.501. The molecule has 0 aliphatic heterocycles. The van der Waals surface area contributed by atoms with Crippen LogP contribution in [-0.2, 0) is 9.53 Å². The molecule has 1 aromatic rings. The largest absolute Gasteiger partial charge is 0.464 e. The topological polar surface area (TPSA) is 98.5 Å². The minimum atomic E-state index is -0.966. The van der Waals surface area contributed by atoms with Gasteiger partial charge in [0.25, 0.3) is 11.6 Å². The number of nitro benzene ring substituents is 1. The van der Waals surface area contributed by atoms with E-state index in [9.17, 15) is 24.1 Å². The number of hydrogen-bond acceptors (Lipinski definition) is 5. The normalized spacial score (nSPS) is 11.6. The van der Waals surface area contributed by atoms with Gasteiger partial charge in [-0.15, -0.1) is 0 Å². The van der Waals surface area contributed by atoms with E-state index >= 15 is 0 Å². The molecule has 0 bridgehead atoms. The molecular formula is C12H13FN2O5. The van der Waals surface area contributed by atoms with Gasteiger partial charge in [-0.3, -0.25) is 14.9 Å². The first-order valence-electron chi connectivity index (χ1n) is 5.78. The molecule has 0 radical (unpaired) electrons. The number of ether oxygens (including phenoxy) is 1. The average molecular weight is 284 g/mol. The summed E-state index contributed by atoms with van der Waals surface area (Å²) >= 11 is 0. The average Bonchev–Trinajstić information content (AvgIpc) is 2.38. The molecule has 0 saturated carbocycles. The number of benzene rings is 1. The summed E-state index contributed by atoms with van der Waals surface area (Å²) in [5.74, 6) is -2.34. The number of nitrogens with one attached hydrogen (secondary N) is 1. The fourth-order valence-electron chi connectivity index (χ4n) is 1.45. The van der Waals surface area contributed by atoms with Gasteiger partial charge < -0.3 is 10.1 Å². The Hall–Kier alpha value is -2.51. The number of rotatable bonds is 5. The molecule has 1 unspecified atom stereocenters. The van der Waals surface area contributed by atoms with Crippen molar-refractivity contribution in [3.63, 3.8) is 0 Å². The third-order valence-electron chi connectivity index (χ3n) is 2.39. The van der Waals surface area contributed by atoms with E-state index < -0.39 is 34.3 Å². The van der Waals surface area contributed by atoms with Crippen LogP contribution in [0.2, 0.25) is 0 Å². The van der Waals surface area contributed by atoms with E-state index in [2.05, 4.69) is 10.1 Å². The molecule has 0 heterocycles. The van der Waals surface area contributed by atoms with Crippen LogP contribution in [0.25, 0.3) is 0 Å². The highest BCUT2D eigenvalue weighted by Crippen LogP contribution is 2.19. The summed E-state index contributed by atoms with van der Waals surface area (Å²) in [4.78, 5) is 33.1. The van der Waals surface area contributed by atoms with Gasteiger partial charge in [-0.25, -0.2) is 9.18 Å². The number of esters is 1. The van der Waals surface area contributed by atoms with Gasteiger partial charge >= 0.3 is 5.97 Å². The maximum atomic E-state index is 13.0. The molecule has 0 aliphatic carbocycles. The second kappa shape index (κ2) is 6.60. The van der Waals surface area contributed by atoms with Crippen molar-refractivity contribution in [1.82, 2.24) is 5.32 Å². The highest BCUT2D eigenvalue weighted by Gasteiger charge is 2.24. The van der Waals surface area contributed by atoms with Gasteiger partial charge in [0.1, 0.15) is 17.4 Å². The predicted molar refractivity (Wildman–Crippen MR) is 66.6 cm³/mol. The number of nitro groups is 1. The summed E-state index contributed by atoms with van der Waals surface area (Å²) in [5, 5.41) is 13.0. The second-order valence-corrected chi connectivity index (χ2v) is 3.87. The Bertz CT molecular complexity index is 547. The van der Waals surface area contributed by atoms with E-state index in [4.69, 9.17) is 0 Å². The molecule has 1 aromatic carbocycles. The van der Waals surface area contributed by atoms with Crippen LogP contribution in [0, 0.1) is 15.9 Å². The van der Waals surface area contributed by atoms with E-state index in [-0.39, 0.29) is 12.2 Å². The van der Waals surface area contributed by atoms with Crippen molar-refractivity contribution >= 4 is 17.6 Å². The van der Waals surface area contributed by atoms with Gasteiger partial charge in [-0.2, -0.15) is 0 Å². The zero-order valence-electron chi connectivity index (χ0n) is 10.9. The van der Waals surface area contributed by atoms with Gasteiger partial charge in [0.2, 0.25) is 0 Å². The van der Waals surface area contributed by atoms with E-state index in [1.54, 1.807) is 6.92 Å². The van der Waals surface area contributed by atoms with Crippen LogP contribution in [0.5, 0.6) is 0 Å². The molecule has 8 heteroatoms. The molecule has 20 heavy (non-hydrogen) atoms. The number of carbonyl (C=O) groups excluding carboxylic acids is 2. The lowest BCUT2D eigenvalue weighted by Crippen LogP contribution is -2.39. The van der Waals surface area contributed by atoms with Gasteiger partial charge in [0.15, 0.2) is 0 Å². The number of hydrogen-bond donors (Lipinski definition) is 1. The lowest BCUT2D eigenvalue weighted by molar-refractivity contribution is -0.385. The lowest BCUT2D eigenvalue weighted by atomic mass is 10.1. The zero-order valence-corrected chi connectivity index (χ0v) is 10.9. The third-order valence-corrected chi connectivity index (χ3v) is 2.39. The van der Waals surface area contributed by atoms with Gasteiger partial charge in [0, 0.05) is 0 Å². The fourth-order valence-corrected chi connectivity index (χ4v) is 1.45. The van der Waals surface area contributed by atoms with Crippen LogP contribution >= 0.6 is 0 Å². The van der Waals surface area contributed by atoms with Crippen molar-refractivity contribution in [1.29, 1.82) is 0 Å².